The van der Waals surface area contributed by atoms with Gasteiger partial charge in [-0.15, -0.1) is 11.3 Å². The lowest BCUT2D eigenvalue weighted by Crippen LogP contribution is -1.81. The third kappa shape index (κ3) is 1.45. The van der Waals surface area contributed by atoms with Crippen molar-refractivity contribution in [3.05, 3.63) is 21.6 Å². The predicted octanol–water partition coefficient (Wildman–Crippen LogP) is 2.31. The van der Waals surface area contributed by atoms with Gasteiger partial charge in [0.15, 0.2) is 10.2 Å². The topological polar surface area (TPSA) is 52.9 Å². The highest BCUT2D eigenvalue weighted by Gasteiger charge is 2.09. The number of thiazole rings is 1. The van der Waals surface area contributed by atoms with Gasteiger partial charge in [0.1, 0.15) is 0 Å². The lowest BCUT2D eigenvalue weighted by Gasteiger charge is -1.91. The summed E-state index contributed by atoms with van der Waals surface area (Å²) in [5.74, 6) is 0.339. The van der Waals surface area contributed by atoms with Gasteiger partial charge in [0.2, 0.25) is 0 Å². The van der Waals surface area contributed by atoms with Gasteiger partial charge in [-0.1, -0.05) is 0 Å². The third-order valence-corrected chi connectivity index (χ3v) is 3.08. The van der Waals surface area contributed by atoms with Crippen LogP contribution in [0.1, 0.15) is 10.4 Å². The Morgan fingerprint density at radius 2 is 2.31 bits per heavy atom. The summed E-state index contributed by atoms with van der Waals surface area (Å²) in [7, 11) is 0. The molecular weight excluding hydrogens is 254 g/mol. The first kappa shape index (κ1) is 8.65. The third-order valence-electron chi connectivity index (χ3n) is 1.63. The fraction of sp³-hybridized carbons (Fsp3) is 0. The van der Waals surface area contributed by atoms with Gasteiger partial charge in [0.05, 0.1) is 21.8 Å². The van der Waals surface area contributed by atoms with Crippen molar-refractivity contribution >= 4 is 43.8 Å². The van der Waals surface area contributed by atoms with Crippen LogP contribution in [0.15, 0.2) is 16.0 Å². The van der Waals surface area contributed by atoms with Gasteiger partial charge in [-0.25, -0.2) is 4.98 Å². The largest absolute Gasteiger partial charge is 0.593 e. The Kier molecular flexibility index (Phi) is 2.05. The van der Waals surface area contributed by atoms with E-state index in [-0.39, 0.29) is 0 Å². The average Bonchev–Trinajstić information content (AvgIpc) is 2.43. The molecule has 13 heavy (non-hydrogen) atoms. The number of carbonyl (C=O) groups is 1. The van der Waals surface area contributed by atoms with Crippen LogP contribution in [-0.2, 0) is 0 Å². The Morgan fingerprint density at radius 3 is 3.00 bits per heavy atom. The van der Waals surface area contributed by atoms with Crippen LogP contribution in [0.25, 0.3) is 10.2 Å². The fourth-order valence-corrected chi connectivity index (χ4v) is 2.58. The summed E-state index contributed by atoms with van der Waals surface area (Å²) in [6, 6.07) is 3.21. The van der Waals surface area contributed by atoms with Gasteiger partial charge in [0.25, 0.3) is 5.75 Å². The van der Waals surface area contributed by atoms with E-state index in [1.165, 1.54) is 17.4 Å². The Labute approximate surface area is 86.2 Å². The second kappa shape index (κ2) is 3.08. The van der Waals surface area contributed by atoms with Crippen molar-refractivity contribution in [1.82, 2.24) is 4.98 Å². The second-order valence-corrected chi connectivity index (χ2v) is 4.80. The SMILES string of the molecule is O=Cc1cc([OH2+])cc2sc(Br)nc12. The molecule has 0 spiro atoms. The molecule has 0 aliphatic rings. The number of aromatic nitrogens is 1. The Hall–Kier alpha value is -0.940. The molecule has 1 aromatic carbocycles. The number of carbonyl (C=O) groups excluding carboxylic acids is 1. The summed E-state index contributed by atoms with van der Waals surface area (Å²) in [5, 5.41) is 7.44. The van der Waals surface area contributed by atoms with Crippen LogP contribution in [0.3, 0.4) is 0 Å². The summed E-state index contributed by atoms with van der Waals surface area (Å²) >= 11 is 4.67. The maximum Gasteiger partial charge on any atom is 0.256 e. The number of fused-ring (bicyclic) bond motifs is 1. The standard InChI is InChI=1S/C8H4BrNO2S/c9-8-10-7-4(3-11)1-5(12)2-6(7)13-8/h1-3,12H/p+1. The minimum atomic E-state index is 0.339. The van der Waals surface area contributed by atoms with E-state index in [0.717, 1.165) is 14.9 Å². The molecule has 0 aliphatic carbocycles. The monoisotopic (exact) mass is 258 g/mol. The maximum absolute atomic E-state index is 10.6. The van der Waals surface area contributed by atoms with Crippen molar-refractivity contribution in [2.24, 2.45) is 0 Å². The number of hydrogen-bond donors (Lipinski definition) is 0. The highest BCUT2D eigenvalue weighted by atomic mass is 79.9. The normalized spacial score (nSPS) is 10.5. The first-order valence-electron chi connectivity index (χ1n) is 3.47. The molecule has 0 atom stereocenters. The van der Waals surface area contributed by atoms with E-state index in [1.54, 1.807) is 6.07 Å². The highest BCUT2D eigenvalue weighted by Crippen LogP contribution is 2.30. The molecular formula is C8H5BrNO2S+. The molecule has 2 rings (SSSR count). The van der Waals surface area contributed by atoms with E-state index in [4.69, 9.17) is 5.11 Å². The lowest BCUT2D eigenvalue weighted by atomic mass is 10.2. The minimum Gasteiger partial charge on any atom is -0.593 e. The molecule has 66 valence electrons. The van der Waals surface area contributed by atoms with E-state index in [1.807, 2.05) is 0 Å². The maximum atomic E-state index is 10.6. The molecule has 3 nitrogen and oxygen atoms in total. The van der Waals surface area contributed by atoms with E-state index in [9.17, 15) is 4.79 Å². The van der Waals surface area contributed by atoms with Crippen LogP contribution >= 0.6 is 27.3 Å². The Morgan fingerprint density at radius 1 is 1.54 bits per heavy atom. The van der Waals surface area contributed by atoms with E-state index < -0.39 is 0 Å². The number of aldehydes is 1. The minimum absolute atomic E-state index is 0.339. The van der Waals surface area contributed by atoms with Gasteiger partial charge in [-0.2, -0.15) is 0 Å². The number of hydrogen-bond acceptors (Lipinski definition) is 3. The van der Waals surface area contributed by atoms with Gasteiger partial charge in [0, 0.05) is 6.07 Å². The molecule has 5 heteroatoms. The average molecular weight is 259 g/mol. The van der Waals surface area contributed by atoms with Crippen LogP contribution < -0.4 is 0 Å². The molecule has 0 unspecified atom stereocenters. The van der Waals surface area contributed by atoms with Crippen LogP contribution in [-0.4, -0.2) is 16.4 Å². The zero-order valence-electron chi connectivity index (χ0n) is 6.37. The Bertz CT molecular complexity index is 480. The van der Waals surface area contributed by atoms with Crippen LogP contribution in [0.2, 0.25) is 0 Å². The molecule has 0 saturated heterocycles. The van der Waals surface area contributed by atoms with Gasteiger partial charge in [-0.3, -0.25) is 4.79 Å². The van der Waals surface area contributed by atoms with Crippen LogP contribution in [0, 0.1) is 0 Å². The highest BCUT2D eigenvalue weighted by molar-refractivity contribution is 9.11. The first-order valence-corrected chi connectivity index (χ1v) is 5.08. The van der Waals surface area contributed by atoms with Crippen molar-refractivity contribution in [2.45, 2.75) is 0 Å². The van der Waals surface area contributed by atoms with Crippen molar-refractivity contribution in [3.8, 4) is 5.75 Å². The number of nitrogens with zero attached hydrogens (tertiary/aromatic N) is 1. The number of halogens is 1. The molecule has 0 bridgehead atoms. The van der Waals surface area contributed by atoms with E-state index in [0.29, 0.717) is 16.8 Å². The molecule has 1 aromatic heterocycles. The van der Waals surface area contributed by atoms with Crippen molar-refractivity contribution in [3.63, 3.8) is 0 Å². The molecule has 1 heterocycles. The van der Waals surface area contributed by atoms with Gasteiger partial charge in [-0.05, 0) is 15.9 Å². The molecule has 2 N–H and O–H groups in total. The van der Waals surface area contributed by atoms with E-state index in [2.05, 4.69) is 20.9 Å². The quantitative estimate of drug-likeness (QED) is 0.582. The van der Waals surface area contributed by atoms with E-state index >= 15 is 0 Å². The molecule has 0 saturated carbocycles. The second-order valence-electron chi connectivity index (χ2n) is 2.50. The predicted molar refractivity (Wildman–Crippen MR) is 55.8 cm³/mol. The summed E-state index contributed by atoms with van der Waals surface area (Å²) < 4.78 is 1.60. The fourth-order valence-electron chi connectivity index (χ4n) is 1.12. The van der Waals surface area contributed by atoms with Crippen molar-refractivity contribution < 1.29 is 9.90 Å². The summed E-state index contributed by atoms with van der Waals surface area (Å²) in [6.45, 7) is 0. The number of benzene rings is 1. The van der Waals surface area contributed by atoms with Gasteiger partial charge < -0.3 is 5.11 Å². The number of rotatable bonds is 1. The zero-order valence-corrected chi connectivity index (χ0v) is 8.78. The van der Waals surface area contributed by atoms with Crippen molar-refractivity contribution in [2.75, 3.05) is 0 Å². The molecule has 0 amide bonds. The van der Waals surface area contributed by atoms with Gasteiger partial charge >= 0.3 is 0 Å². The van der Waals surface area contributed by atoms with Crippen molar-refractivity contribution in [1.29, 1.82) is 0 Å². The summed E-state index contributed by atoms with van der Waals surface area (Å²) in [4.78, 5) is 14.8. The summed E-state index contributed by atoms with van der Waals surface area (Å²) in [6.07, 6.45) is 0.729. The summed E-state index contributed by atoms with van der Waals surface area (Å²) in [5.41, 5.74) is 1.15. The van der Waals surface area contributed by atoms with Crippen LogP contribution in [0.4, 0.5) is 0 Å². The molecule has 2 aromatic rings. The molecule has 0 fully saturated rings. The zero-order chi connectivity index (χ0) is 9.42. The van der Waals surface area contributed by atoms with Crippen LogP contribution in [0.5, 0.6) is 5.75 Å². The lowest BCUT2D eigenvalue weighted by molar-refractivity contribution is 0.112. The molecule has 0 aliphatic heterocycles. The first-order chi connectivity index (χ1) is 6.20. The smallest absolute Gasteiger partial charge is 0.256 e. The molecule has 0 radical (unpaired) electrons. The Balaban J connectivity index is 2.88.